The molecule has 1 fully saturated rings. The van der Waals surface area contributed by atoms with E-state index in [1.807, 2.05) is 0 Å². The van der Waals surface area contributed by atoms with Crippen molar-refractivity contribution in [3.63, 3.8) is 0 Å². The molecule has 1 saturated carbocycles. The molecule has 30 heavy (non-hydrogen) atoms. The van der Waals surface area contributed by atoms with E-state index in [4.69, 9.17) is 21.1 Å². The molecule has 0 amide bonds. The van der Waals surface area contributed by atoms with Crippen molar-refractivity contribution in [1.82, 2.24) is 15.0 Å². The topological polar surface area (TPSA) is 60.0 Å². The van der Waals surface area contributed by atoms with E-state index < -0.39 is 11.7 Å². The van der Waals surface area contributed by atoms with Crippen molar-refractivity contribution in [1.29, 1.82) is 0 Å². The van der Waals surface area contributed by atoms with Gasteiger partial charge in [-0.3, -0.25) is 4.98 Å². The van der Waals surface area contributed by atoms with E-state index in [0.29, 0.717) is 28.6 Å². The first-order valence-electron chi connectivity index (χ1n) is 9.31. The van der Waals surface area contributed by atoms with Gasteiger partial charge in [-0.2, -0.15) is 0 Å². The Hall–Kier alpha value is -2.74. The average molecular weight is 438 g/mol. The van der Waals surface area contributed by atoms with Crippen LogP contribution >= 0.6 is 11.6 Å². The van der Waals surface area contributed by atoms with Crippen LogP contribution in [0.15, 0.2) is 30.5 Å². The summed E-state index contributed by atoms with van der Waals surface area (Å²) in [7, 11) is 1.48. The van der Waals surface area contributed by atoms with Crippen molar-refractivity contribution in [3.8, 4) is 22.8 Å². The van der Waals surface area contributed by atoms with Crippen LogP contribution in [-0.2, 0) is 6.61 Å². The van der Waals surface area contributed by atoms with Crippen LogP contribution in [0.1, 0.15) is 35.8 Å². The van der Waals surface area contributed by atoms with Gasteiger partial charge in [0.15, 0.2) is 0 Å². The lowest BCUT2D eigenvalue weighted by Gasteiger charge is -2.33. The molecule has 2 aromatic heterocycles. The molecule has 0 saturated heterocycles. The number of nitrogens with one attached hydrogen (secondary N) is 1. The van der Waals surface area contributed by atoms with Gasteiger partial charge in [0.2, 0.25) is 5.92 Å². The number of hydrogen-bond donors (Lipinski definition) is 1. The molecule has 1 aromatic carbocycles. The molecule has 2 heterocycles. The van der Waals surface area contributed by atoms with Crippen LogP contribution in [0.5, 0.6) is 11.5 Å². The van der Waals surface area contributed by atoms with E-state index in [0.717, 1.165) is 5.56 Å². The highest BCUT2D eigenvalue weighted by molar-refractivity contribution is 6.32. The zero-order valence-corrected chi connectivity index (χ0v) is 17.1. The summed E-state index contributed by atoms with van der Waals surface area (Å²) in [6.45, 7) is 1.71. The van der Waals surface area contributed by atoms with E-state index in [2.05, 4.69) is 15.0 Å². The molecule has 1 aliphatic carbocycles. The highest BCUT2D eigenvalue weighted by Gasteiger charge is 2.47. The van der Waals surface area contributed by atoms with Gasteiger partial charge in [-0.1, -0.05) is 11.6 Å². The maximum atomic E-state index is 13.9. The summed E-state index contributed by atoms with van der Waals surface area (Å²) in [5, 5.41) is 0.248. The normalized spacial score (nSPS) is 15.7. The fourth-order valence-corrected chi connectivity index (χ4v) is 3.61. The van der Waals surface area contributed by atoms with Crippen molar-refractivity contribution in [2.75, 3.05) is 7.11 Å². The Morgan fingerprint density at radius 1 is 1.27 bits per heavy atom. The van der Waals surface area contributed by atoms with E-state index in [1.165, 1.54) is 13.2 Å². The van der Waals surface area contributed by atoms with Gasteiger partial charge in [0, 0.05) is 36.6 Å². The molecule has 0 unspecified atom stereocenters. The summed E-state index contributed by atoms with van der Waals surface area (Å²) >= 11 is 6.27. The fourth-order valence-electron chi connectivity index (χ4n) is 3.37. The number of rotatable bonds is 6. The highest BCUT2D eigenvalue weighted by Crippen LogP contribution is 2.48. The number of H-pyrrole nitrogens is 1. The van der Waals surface area contributed by atoms with Crippen LogP contribution in [-0.4, -0.2) is 28.0 Å². The number of alkyl halides is 2. The number of hydrogen-bond acceptors (Lipinski definition) is 4. The summed E-state index contributed by atoms with van der Waals surface area (Å²) in [5.41, 5.74) is 1.92. The van der Waals surface area contributed by atoms with E-state index >= 15 is 0 Å². The third kappa shape index (κ3) is 4.09. The van der Waals surface area contributed by atoms with E-state index in [9.17, 15) is 13.2 Å². The number of aromatic amines is 1. The maximum Gasteiger partial charge on any atom is 0.249 e. The molecule has 9 heteroatoms. The lowest BCUT2D eigenvalue weighted by atomic mass is 9.81. The van der Waals surface area contributed by atoms with Crippen LogP contribution in [0.2, 0.25) is 5.15 Å². The van der Waals surface area contributed by atoms with Gasteiger partial charge >= 0.3 is 0 Å². The Morgan fingerprint density at radius 2 is 2.03 bits per heavy atom. The number of ether oxygens (including phenoxy) is 2. The monoisotopic (exact) mass is 437 g/mol. The summed E-state index contributed by atoms with van der Waals surface area (Å²) in [6.07, 6.45) is 1.08. The Kier molecular flexibility index (Phi) is 5.36. The van der Waals surface area contributed by atoms with E-state index in [-0.39, 0.29) is 36.2 Å². The number of imidazole rings is 1. The smallest absolute Gasteiger partial charge is 0.249 e. The van der Waals surface area contributed by atoms with Crippen molar-refractivity contribution in [3.05, 3.63) is 58.5 Å². The number of methoxy groups -OCH3 is 1. The van der Waals surface area contributed by atoms with Crippen LogP contribution in [0.4, 0.5) is 13.2 Å². The molecule has 0 aliphatic heterocycles. The number of pyridine rings is 1. The van der Waals surface area contributed by atoms with Crippen LogP contribution in [0, 0.1) is 12.7 Å². The summed E-state index contributed by atoms with van der Waals surface area (Å²) in [4.78, 5) is 11.3. The highest BCUT2D eigenvalue weighted by atomic mass is 35.5. The molecule has 0 atom stereocenters. The third-order valence-corrected chi connectivity index (χ3v) is 5.29. The van der Waals surface area contributed by atoms with Crippen LogP contribution in [0.25, 0.3) is 11.3 Å². The van der Waals surface area contributed by atoms with Gasteiger partial charge in [-0.05, 0) is 30.7 Å². The Balaban J connectivity index is 1.53. The molecule has 1 N–H and O–H groups in total. The van der Waals surface area contributed by atoms with Gasteiger partial charge < -0.3 is 14.5 Å². The van der Waals surface area contributed by atoms with Gasteiger partial charge in [0.05, 0.1) is 7.11 Å². The molecule has 158 valence electrons. The lowest BCUT2D eigenvalue weighted by molar-refractivity contribution is -0.0883. The zero-order valence-electron chi connectivity index (χ0n) is 16.3. The predicted molar refractivity (Wildman–Crippen MR) is 106 cm³/mol. The third-order valence-electron chi connectivity index (χ3n) is 5.01. The number of aromatic nitrogens is 3. The van der Waals surface area contributed by atoms with Crippen molar-refractivity contribution in [2.24, 2.45) is 0 Å². The molecule has 4 rings (SSSR count). The Morgan fingerprint density at radius 3 is 2.70 bits per heavy atom. The first-order chi connectivity index (χ1) is 14.3. The second kappa shape index (κ2) is 7.83. The van der Waals surface area contributed by atoms with Crippen LogP contribution in [0.3, 0.4) is 0 Å². The van der Waals surface area contributed by atoms with Crippen LogP contribution < -0.4 is 9.47 Å². The quantitative estimate of drug-likeness (QED) is 0.539. The summed E-state index contributed by atoms with van der Waals surface area (Å²) < 4.78 is 51.3. The van der Waals surface area contributed by atoms with E-state index in [1.54, 1.807) is 31.3 Å². The van der Waals surface area contributed by atoms with Gasteiger partial charge in [0.1, 0.15) is 46.3 Å². The maximum absolute atomic E-state index is 13.9. The average Bonchev–Trinajstić information content (AvgIpc) is 3.06. The zero-order chi connectivity index (χ0) is 21.5. The minimum absolute atomic E-state index is 0.0438. The summed E-state index contributed by atoms with van der Waals surface area (Å²) in [5.74, 6) is -2.12. The molecule has 5 nitrogen and oxygen atoms in total. The molecular formula is C21H19ClF3N3O2. The molecule has 3 aromatic rings. The molecule has 0 radical (unpaired) electrons. The van der Waals surface area contributed by atoms with Crippen molar-refractivity contribution >= 4 is 11.6 Å². The SMILES string of the molecule is COc1cc(OCc2ncc(C)cc2F)ccc1-c1nc(C2CC(F)(F)C2)[nH]c1Cl. The van der Waals surface area contributed by atoms with Gasteiger partial charge in [-0.25, -0.2) is 18.2 Å². The molecule has 0 spiro atoms. The standard InChI is InChI=1S/C21H19ClF3N3O2/c1-11-5-15(23)16(26-9-11)10-30-13-3-4-14(17(6-13)29-2)18-19(22)28-20(27-18)12-7-21(24,25)8-12/h3-6,9,12H,7-8,10H2,1-2H3,(H,27,28). The minimum atomic E-state index is -2.65. The van der Waals surface area contributed by atoms with Gasteiger partial charge in [-0.15, -0.1) is 0 Å². The van der Waals surface area contributed by atoms with Crippen molar-refractivity contribution in [2.45, 2.75) is 38.2 Å². The first kappa shape index (κ1) is 20.5. The molecular weight excluding hydrogens is 419 g/mol. The number of nitrogens with zero attached hydrogens (tertiary/aromatic N) is 2. The Bertz CT molecular complexity index is 1080. The van der Waals surface area contributed by atoms with Crippen molar-refractivity contribution < 1.29 is 22.6 Å². The summed E-state index contributed by atoms with van der Waals surface area (Å²) in [6, 6.07) is 6.40. The first-order valence-corrected chi connectivity index (χ1v) is 9.69. The van der Waals surface area contributed by atoms with Gasteiger partial charge in [0.25, 0.3) is 0 Å². The fraction of sp³-hybridized carbons (Fsp3) is 0.333. The number of aryl methyl sites for hydroxylation is 1. The minimum Gasteiger partial charge on any atom is -0.496 e. The Labute approximate surface area is 176 Å². The molecule has 1 aliphatic rings. The largest absolute Gasteiger partial charge is 0.496 e. The predicted octanol–water partition coefficient (Wildman–Crippen LogP) is 5.67. The second-order valence-electron chi connectivity index (χ2n) is 7.34. The molecule has 0 bridgehead atoms. The number of halogens is 4. The number of benzene rings is 1. The second-order valence-corrected chi connectivity index (χ2v) is 7.72. The lowest BCUT2D eigenvalue weighted by Crippen LogP contribution is -2.34.